The van der Waals surface area contributed by atoms with Crippen LogP contribution in [0.15, 0.2) is 28.7 Å². The molecule has 1 atom stereocenters. The van der Waals surface area contributed by atoms with Crippen molar-refractivity contribution in [1.82, 2.24) is 0 Å². The number of hydrogen-bond acceptors (Lipinski definition) is 2. The van der Waals surface area contributed by atoms with Crippen molar-refractivity contribution >= 4 is 50.5 Å². The van der Waals surface area contributed by atoms with Gasteiger partial charge in [-0.25, -0.2) is 0 Å². The van der Waals surface area contributed by atoms with E-state index in [2.05, 4.69) is 28.9 Å². The lowest BCUT2D eigenvalue weighted by Gasteiger charge is -2.13. The Balaban J connectivity index is 2.48. The van der Waals surface area contributed by atoms with Gasteiger partial charge in [0.1, 0.15) is 5.75 Å². The van der Waals surface area contributed by atoms with Crippen LogP contribution in [-0.4, -0.2) is 7.11 Å². The third kappa shape index (κ3) is 2.85. The van der Waals surface area contributed by atoms with Crippen molar-refractivity contribution in [2.75, 3.05) is 7.11 Å². The molecule has 2 rings (SSSR count). The van der Waals surface area contributed by atoms with Crippen molar-refractivity contribution in [3.05, 3.63) is 49.1 Å². The number of hydrogen-bond donors (Lipinski definition) is 0. The van der Waals surface area contributed by atoms with Gasteiger partial charge in [0.2, 0.25) is 0 Å². The molecule has 18 heavy (non-hydrogen) atoms. The highest BCUT2D eigenvalue weighted by molar-refractivity contribution is 9.10. The minimum absolute atomic E-state index is 0.272. The van der Waals surface area contributed by atoms with Gasteiger partial charge >= 0.3 is 0 Å². The Labute approximate surface area is 129 Å². The predicted octanol–water partition coefficient (Wildman–Crippen LogP) is 5.81. The number of thiophene rings is 1. The molecule has 1 nitrogen and oxygen atoms in total. The fraction of sp³-hybridized carbons (Fsp3) is 0.231. The highest BCUT2D eigenvalue weighted by Crippen LogP contribution is 2.43. The zero-order chi connectivity index (χ0) is 13.3. The first-order chi connectivity index (χ1) is 8.52. The molecule has 0 fully saturated rings. The van der Waals surface area contributed by atoms with Crippen molar-refractivity contribution in [2.45, 2.75) is 12.3 Å². The van der Waals surface area contributed by atoms with Crippen molar-refractivity contribution in [3.63, 3.8) is 0 Å². The van der Waals surface area contributed by atoms with Gasteiger partial charge in [0.25, 0.3) is 0 Å². The second-order valence-corrected chi connectivity index (χ2v) is 6.83. The zero-order valence-corrected chi connectivity index (χ0v) is 13.8. The van der Waals surface area contributed by atoms with E-state index in [4.69, 9.17) is 27.9 Å². The number of ether oxygens (including phenoxy) is 1. The molecule has 1 unspecified atom stereocenters. The van der Waals surface area contributed by atoms with Crippen LogP contribution in [0.5, 0.6) is 5.75 Å². The Morgan fingerprint density at radius 3 is 2.61 bits per heavy atom. The first kappa shape index (κ1) is 14.2. The molecule has 0 saturated carbocycles. The lowest BCUT2D eigenvalue weighted by molar-refractivity contribution is 0.410. The molecule has 0 aliphatic rings. The van der Waals surface area contributed by atoms with Gasteiger partial charge in [-0.15, -0.1) is 22.9 Å². The molecule has 0 N–H and O–H groups in total. The zero-order valence-electron chi connectivity index (χ0n) is 9.84. The molecule has 2 aromatic rings. The van der Waals surface area contributed by atoms with Gasteiger partial charge in [-0.3, -0.25) is 0 Å². The monoisotopic (exact) mass is 364 g/mol. The van der Waals surface area contributed by atoms with E-state index >= 15 is 0 Å². The number of methoxy groups -OCH3 is 1. The summed E-state index contributed by atoms with van der Waals surface area (Å²) in [5, 5.41) is 0.382. The molecule has 1 aromatic carbocycles. The van der Waals surface area contributed by atoms with E-state index < -0.39 is 0 Å². The summed E-state index contributed by atoms with van der Waals surface area (Å²) in [6.07, 6.45) is 0. The van der Waals surface area contributed by atoms with E-state index in [-0.39, 0.29) is 5.38 Å². The molecule has 1 aromatic heterocycles. The summed E-state index contributed by atoms with van der Waals surface area (Å²) in [5.74, 6) is 0.748. The first-order valence-corrected chi connectivity index (χ1v) is 7.68. The molecule has 0 amide bonds. The summed E-state index contributed by atoms with van der Waals surface area (Å²) in [6.45, 7) is 2.05. The van der Waals surface area contributed by atoms with Crippen molar-refractivity contribution < 1.29 is 4.74 Å². The summed E-state index contributed by atoms with van der Waals surface area (Å²) in [5.41, 5.74) is 0.884. The Hall–Kier alpha value is -0.220. The second-order valence-electron chi connectivity index (χ2n) is 3.82. The molecular formula is C13H11BrCl2OS. The molecule has 0 radical (unpaired) electrons. The largest absolute Gasteiger partial charge is 0.496 e. The first-order valence-electron chi connectivity index (χ1n) is 5.26. The van der Waals surface area contributed by atoms with Gasteiger partial charge < -0.3 is 4.74 Å². The standard InChI is InChI=1S/C13H11BrCl2OS/c1-7-5-10(14)13(18-7)12(16)9-6-8(15)3-4-11(9)17-2/h3-6,12H,1-2H3. The van der Waals surface area contributed by atoms with E-state index in [1.165, 1.54) is 4.88 Å². The van der Waals surface area contributed by atoms with Crippen LogP contribution in [0, 0.1) is 6.92 Å². The maximum atomic E-state index is 6.55. The van der Waals surface area contributed by atoms with Crippen molar-refractivity contribution in [1.29, 1.82) is 0 Å². The molecule has 0 saturated heterocycles. The lowest BCUT2D eigenvalue weighted by Crippen LogP contribution is -1.96. The van der Waals surface area contributed by atoms with Crippen LogP contribution in [-0.2, 0) is 0 Å². The van der Waals surface area contributed by atoms with E-state index in [9.17, 15) is 0 Å². The molecule has 0 aliphatic carbocycles. The van der Waals surface area contributed by atoms with Crippen LogP contribution in [0.3, 0.4) is 0 Å². The Morgan fingerprint density at radius 2 is 2.06 bits per heavy atom. The molecular weight excluding hydrogens is 355 g/mol. The molecule has 0 aliphatic heterocycles. The fourth-order valence-electron chi connectivity index (χ4n) is 1.72. The Bertz CT molecular complexity index is 568. The van der Waals surface area contributed by atoms with Crippen LogP contribution >= 0.6 is 50.5 Å². The molecule has 0 bridgehead atoms. The van der Waals surface area contributed by atoms with Crippen molar-refractivity contribution in [3.8, 4) is 5.75 Å². The van der Waals surface area contributed by atoms with E-state index in [0.29, 0.717) is 5.02 Å². The highest BCUT2D eigenvalue weighted by atomic mass is 79.9. The summed E-state index contributed by atoms with van der Waals surface area (Å²) in [7, 11) is 1.63. The van der Waals surface area contributed by atoms with Crippen LogP contribution in [0.2, 0.25) is 5.02 Å². The maximum absolute atomic E-state index is 6.55. The normalized spacial score (nSPS) is 12.5. The van der Waals surface area contributed by atoms with Crippen LogP contribution in [0.1, 0.15) is 20.7 Å². The number of rotatable bonds is 3. The number of aryl methyl sites for hydroxylation is 1. The van der Waals surface area contributed by atoms with E-state index in [1.807, 2.05) is 12.1 Å². The average Bonchev–Trinajstić information content (AvgIpc) is 2.67. The van der Waals surface area contributed by atoms with Gasteiger partial charge in [0.15, 0.2) is 0 Å². The Kier molecular flexibility index (Phi) is 4.59. The van der Waals surface area contributed by atoms with Crippen LogP contribution in [0.25, 0.3) is 0 Å². The predicted molar refractivity (Wildman–Crippen MR) is 82.5 cm³/mol. The minimum Gasteiger partial charge on any atom is -0.496 e. The summed E-state index contributed by atoms with van der Waals surface area (Å²) < 4.78 is 6.36. The summed E-state index contributed by atoms with van der Waals surface area (Å²) in [6, 6.07) is 7.54. The fourth-order valence-corrected chi connectivity index (χ4v) is 4.33. The quantitative estimate of drug-likeness (QED) is 0.623. The van der Waals surface area contributed by atoms with Gasteiger partial charge in [-0.2, -0.15) is 0 Å². The summed E-state index contributed by atoms with van der Waals surface area (Å²) >= 11 is 17.8. The van der Waals surface area contributed by atoms with Crippen molar-refractivity contribution in [2.24, 2.45) is 0 Å². The molecule has 5 heteroatoms. The van der Waals surface area contributed by atoms with Crippen LogP contribution < -0.4 is 4.74 Å². The third-order valence-electron chi connectivity index (χ3n) is 2.53. The topological polar surface area (TPSA) is 9.23 Å². The molecule has 1 heterocycles. The third-order valence-corrected chi connectivity index (χ3v) is 5.38. The van der Waals surface area contributed by atoms with Gasteiger partial charge in [-0.1, -0.05) is 11.6 Å². The highest BCUT2D eigenvalue weighted by Gasteiger charge is 2.20. The average molecular weight is 366 g/mol. The number of benzene rings is 1. The van der Waals surface area contributed by atoms with Gasteiger partial charge in [0, 0.05) is 24.8 Å². The number of alkyl halides is 1. The van der Waals surface area contributed by atoms with E-state index in [1.54, 1.807) is 24.5 Å². The van der Waals surface area contributed by atoms with E-state index in [0.717, 1.165) is 20.7 Å². The smallest absolute Gasteiger partial charge is 0.124 e. The summed E-state index contributed by atoms with van der Waals surface area (Å²) in [4.78, 5) is 2.28. The van der Waals surface area contributed by atoms with Crippen LogP contribution in [0.4, 0.5) is 0 Å². The minimum atomic E-state index is -0.272. The van der Waals surface area contributed by atoms with Gasteiger partial charge in [-0.05, 0) is 47.1 Å². The second kappa shape index (κ2) is 5.83. The van der Waals surface area contributed by atoms with Gasteiger partial charge in [0.05, 0.1) is 12.5 Å². The SMILES string of the molecule is COc1ccc(Cl)cc1C(Cl)c1sc(C)cc1Br. The maximum Gasteiger partial charge on any atom is 0.124 e. The molecule has 96 valence electrons. The lowest BCUT2D eigenvalue weighted by atomic mass is 10.1. The number of halogens is 3. The Morgan fingerprint density at radius 1 is 1.33 bits per heavy atom. The molecule has 0 spiro atoms.